The minimum atomic E-state index is -3.98. The van der Waals surface area contributed by atoms with E-state index in [-0.39, 0.29) is 67.0 Å². The van der Waals surface area contributed by atoms with Crippen LogP contribution in [0.5, 0.6) is 0 Å². The summed E-state index contributed by atoms with van der Waals surface area (Å²) in [5.74, 6) is -0.515. The van der Waals surface area contributed by atoms with Crippen molar-refractivity contribution < 1.29 is 36.9 Å². The molecule has 0 aliphatic heterocycles. The average Bonchev–Trinajstić information content (AvgIpc) is 3.45. The first kappa shape index (κ1) is 39.1. The number of nitriles is 1. The van der Waals surface area contributed by atoms with Crippen LogP contribution >= 0.6 is 12.4 Å². The molecule has 0 saturated carbocycles. The van der Waals surface area contributed by atoms with E-state index in [2.05, 4.69) is 19.8 Å². The summed E-state index contributed by atoms with van der Waals surface area (Å²) in [4.78, 5) is 8.39. The number of hydrogen-bond acceptors (Lipinski definition) is 12. The Hall–Kier alpha value is -3.11. The topological polar surface area (TPSA) is 197 Å². The van der Waals surface area contributed by atoms with Crippen molar-refractivity contribution in [3.63, 3.8) is 0 Å². The normalized spacial score (nSPS) is 11.7. The van der Waals surface area contributed by atoms with Crippen molar-refractivity contribution in [2.75, 3.05) is 65.9 Å². The van der Waals surface area contributed by atoms with E-state index in [9.17, 15) is 18.8 Å². The van der Waals surface area contributed by atoms with Crippen LogP contribution in [-0.2, 0) is 41.9 Å². The molecule has 46 heavy (non-hydrogen) atoms. The van der Waals surface area contributed by atoms with Gasteiger partial charge < -0.3 is 29.8 Å². The maximum Gasteiger partial charge on any atom is 0.240 e. The number of aromatic nitrogens is 4. The molecule has 0 amide bonds. The number of nitrogens with zero attached hydrogens (tertiary/aromatic N) is 5. The van der Waals surface area contributed by atoms with E-state index in [1.807, 2.05) is 6.07 Å². The standard InChI is InChI=1S/C29H40FN7O7S.ClH/c1-29(2,38)21-37-20-24(19-34-37)28-23(17-32)18-33-27(36-28)15-22-3-4-25(16-26(22)30)45(39,40)35-6-8-42-10-12-44-14-13-43-11-9-41-7-5-31;/h3-4,16,18-20,35,38H,5-15,21,31H2,1-2H3;1H. The third-order valence-corrected chi connectivity index (χ3v) is 7.47. The highest BCUT2D eigenvalue weighted by Gasteiger charge is 2.19. The second kappa shape index (κ2) is 19.5. The van der Waals surface area contributed by atoms with Gasteiger partial charge in [-0.1, -0.05) is 6.07 Å². The van der Waals surface area contributed by atoms with E-state index >= 15 is 4.39 Å². The fraction of sp³-hybridized carbons (Fsp3) is 0.517. The number of nitrogens with two attached hydrogens (primary N) is 1. The highest BCUT2D eigenvalue weighted by molar-refractivity contribution is 7.89. The Balaban J connectivity index is 0.00000736. The Bertz CT molecular complexity index is 1510. The SMILES string of the molecule is CC(C)(O)Cn1cc(-c2nc(Cc3ccc(S(=O)(=O)NCCOCCOCCOCCOCCN)cc3F)ncc2C#N)cn1.Cl. The summed E-state index contributed by atoms with van der Waals surface area (Å²) in [7, 11) is -3.98. The molecular formula is C29H41ClFN7O7S. The van der Waals surface area contributed by atoms with Gasteiger partial charge in [0, 0.05) is 37.5 Å². The van der Waals surface area contributed by atoms with Gasteiger partial charge in [-0.15, -0.1) is 12.4 Å². The molecule has 3 rings (SSSR count). The van der Waals surface area contributed by atoms with Crippen molar-refractivity contribution in [2.24, 2.45) is 5.73 Å². The van der Waals surface area contributed by atoms with Crippen molar-refractivity contribution in [3.8, 4) is 17.3 Å². The summed E-state index contributed by atoms with van der Waals surface area (Å²) >= 11 is 0. The van der Waals surface area contributed by atoms with Crippen molar-refractivity contribution in [1.82, 2.24) is 24.5 Å². The molecule has 0 atom stereocenters. The fourth-order valence-electron chi connectivity index (χ4n) is 3.96. The molecule has 0 unspecified atom stereocenters. The molecule has 0 bridgehead atoms. The predicted octanol–water partition coefficient (Wildman–Crippen LogP) is 1.44. The first-order chi connectivity index (χ1) is 21.5. The molecule has 0 spiro atoms. The number of ether oxygens (including phenoxy) is 4. The lowest BCUT2D eigenvalue weighted by atomic mass is 10.1. The molecule has 2 aromatic heterocycles. The molecule has 2 heterocycles. The summed E-state index contributed by atoms with van der Waals surface area (Å²) in [6.07, 6.45) is 4.48. The summed E-state index contributed by atoms with van der Waals surface area (Å²) in [5.41, 5.74) is 5.56. The van der Waals surface area contributed by atoms with Gasteiger partial charge in [-0.05, 0) is 31.5 Å². The van der Waals surface area contributed by atoms with Gasteiger partial charge in [0.25, 0.3) is 0 Å². The highest BCUT2D eigenvalue weighted by Crippen LogP contribution is 2.23. The third-order valence-electron chi connectivity index (χ3n) is 6.01. The van der Waals surface area contributed by atoms with E-state index < -0.39 is 21.4 Å². The lowest BCUT2D eigenvalue weighted by molar-refractivity contribution is -0.000345. The zero-order chi connectivity index (χ0) is 32.7. The number of benzene rings is 1. The first-order valence-corrected chi connectivity index (χ1v) is 15.8. The molecule has 3 aromatic rings. The van der Waals surface area contributed by atoms with Gasteiger partial charge in [-0.3, -0.25) is 4.68 Å². The monoisotopic (exact) mass is 685 g/mol. The molecule has 0 aliphatic rings. The number of aliphatic hydroxyl groups is 1. The van der Waals surface area contributed by atoms with Crippen molar-refractivity contribution in [2.45, 2.75) is 37.3 Å². The van der Waals surface area contributed by atoms with Crippen LogP contribution in [0.1, 0.15) is 30.8 Å². The first-order valence-electron chi connectivity index (χ1n) is 14.3. The number of nitrogens with one attached hydrogen (secondary N) is 1. The van der Waals surface area contributed by atoms with E-state index in [4.69, 9.17) is 24.7 Å². The zero-order valence-corrected chi connectivity index (χ0v) is 27.5. The Morgan fingerprint density at radius 1 is 1.04 bits per heavy atom. The van der Waals surface area contributed by atoms with Gasteiger partial charge in [0.2, 0.25) is 10.0 Å². The summed E-state index contributed by atoms with van der Waals surface area (Å²) in [6.45, 7) is 6.92. The summed E-state index contributed by atoms with van der Waals surface area (Å²) in [6, 6.07) is 5.63. The molecule has 14 nitrogen and oxygen atoms in total. The second-order valence-electron chi connectivity index (χ2n) is 10.5. The van der Waals surface area contributed by atoms with E-state index in [1.54, 1.807) is 20.0 Å². The maximum absolute atomic E-state index is 15.0. The van der Waals surface area contributed by atoms with Gasteiger partial charge in [0.1, 0.15) is 17.7 Å². The number of sulfonamides is 1. The molecule has 0 aliphatic carbocycles. The van der Waals surface area contributed by atoms with Crippen LogP contribution in [0.2, 0.25) is 0 Å². The average molecular weight is 686 g/mol. The molecule has 4 N–H and O–H groups in total. The zero-order valence-electron chi connectivity index (χ0n) is 25.9. The van der Waals surface area contributed by atoms with Crippen molar-refractivity contribution in [1.29, 1.82) is 5.26 Å². The molecular weight excluding hydrogens is 645 g/mol. The number of rotatable bonds is 21. The minimum Gasteiger partial charge on any atom is -0.389 e. The highest BCUT2D eigenvalue weighted by atomic mass is 35.5. The van der Waals surface area contributed by atoms with Crippen LogP contribution in [0.15, 0.2) is 41.7 Å². The van der Waals surface area contributed by atoms with Crippen LogP contribution < -0.4 is 10.5 Å². The Kier molecular flexibility index (Phi) is 16.6. The van der Waals surface area contributed by atoms with Crippen LogP contribution in [0.3, 0.4) is 0 Å². The lowest BCUT2D eigenvalue weighted by Gasteiger charge is -2.16. The maximum atomic E-state index is 15.0. The van der Waals surface area contributed by atoms with Gasteiger partial charge in [-0.2, -0.15) is 10.4 Å². The summed E-state index contributed by atoms with van der Waals surface area (Å²) in [5, 5.41) is 23.8. The predicted molar refractivity (Wildman–Crippen MR) is 168 cm³/mol. The molecule has 0 radical (unpaired) electrons. The fourth-order valence-corrected chi connectivity index (χ4v) is 4.98. The minimum absolute atomic E-state index is 0. The Morgan fingerprint density at radius 2 is 1.67 bits per heavy atom. The van der Waals surface area contributed by atoms with E-state index in [0.29, 0.717) is 57.4 Å². The van der Waals surface area contributed by atoms with E-state index in [0.717, 1.165) is 6.07 Å². The van der Waals surface area contributed by atoms with Crippen LogP contribution in [-0.4, -0.2) is 105 Å². The summed E-state index contributed by atoms with van der Waals surface area (Å²) < 4.78 is 65.5. The van der Waals surface area contributed by atoms with Gasteiger partial charge >= 0.3 is 0 Å². The quantitative estimate of drug-likeness (QED) is 0.137. The van der Waals surface area contributed by atoms with E-state index in [1.165, 1.54) is 29.2 Å². The van der Waals surface area contributed by atoms with Gasteiger partial charge in [0.15, 0.2) is 0 Å². The Labute approximate surface area is 274 Å². The number of halogens is 2. The van der Waals surface area contributed by atoms with Crippen molar-refractivity contribution >= 4 is 22.4 Å². The largest absolute Gasteiger partial charge is 0.389 e. The Morgan fingerprint density at radius 3 is 2.26 bits per heavy atom. The molecule has 0 saturated heterocycles. The lowest BCUT2D eigenvalue weighted by Crippen LogP contribution is -2.28. The molecule has 1 aromatic carbocycles. The third kappa shape index (κ3) is 13.3. The molecule has 0 fully saturated rings. The van der Waals surface area contributed by atoms with Crippen molar-refractivity contribution in [3.05, 3.63) is 59.6 Å². The van der Waals surface area contributed by atoms with Crippen LogP contribution in [0.25, 0.3) is 11.3 Å². The van der Waals surface area contributed by atoms with Gasteiger partial charge in [-0.25, -0.2) is 27.5 Å². The second-order valence-corrected chi connectivity index (χ2v) is 12.2. The number of hydrogen-bond donors (Lipinski definition) is 3. The van der Waals surface area contributed by atoms with Crippen LogP contribution in [0, 0.1) is 17.1 Å². The van der Waals surface area contributed by atoms with Gasteiger partial charge in [0.05, 0.1) is 87.4 Å². The molecule has 254 valence electrons. The van der Waals surface area contributed by atoms with Crippen LogP contribution in [0.4, 0.5) is 4.39 Å². The molecule has 17 heteroatoms. The smallest absolute Gasteiger partial charge is 0.240 e.